The number of aromatic nitrogens is 1. The molecule has 2 aromatic rings. The summed E-state index contributed by atoms with van der Waals surface area (Å²) >= 11 is 0. The maximum atomic E-state index is 12.6. The summed E-state index contributed by atoms with van der Waals surface area (Å²) in [5.41, 5.74) is 2.23. The topological polar surface area (TPSA) is 77.6 Å². The van der Waals surface area contributed by atoms with Gasteiger partial charge in [-0.15, -0.1) is 0 Å². The minimum absolute atomic E-state index is 0.0209. The van der Waals surface area contributed by atoms with Crippen molar-refractivity contribution >= 4 is 16.9 Å². The molecule has 6 heteroatoms. The maximum absolute atomic E-state index is 12.6. The molecule has 0 radical (unpaired) electrons. The smallest absolute Gasteiger partial charge is 0.317 e. The van der Waals surface area contributed by atoms with Gasteiger partial charge in [0.25, 0.3) is 0 Å². The van der Waals surface area contributed by atoms with Crippen molar-refractivity contribution in [2.45, 2.75) is 38.6 Å². The molecular formula is C20H29N3O3. The predicted octanol–water partition coefficient (Wildman–Crippen LogP) is 2.91. The molecular weight excluding hydrogens is 330 g/mol. The number of amides is 2. The van der Waals surface area contributed by atoms with Crippen LogP contribution in [-0.4, -0.2) is 53.9 Å². The number of nitrogens with one attached hydrogen (secondary N) is 2. The van der Waals surface area contributed by atoms with E-state index in [1.54, 1.807) is 7.11 Å². The maximum Gasteiger partial charge on any atom is 0.317 e. The largest absolute Gasteiger partial charge is 0.497 e. The molecule has 3 rings (SSSR count). The molecule has 0 spiro atoms. The predicted molar refractivity (Wildman–Crippen MR) is 103 cm³/mol. The van der Waals surface area contributed by atoms with Gasteiger partial charge in [-0.1, -0.05) is 6.92 Å². The lowest BCUT2D eigenvalue weighted by atomic mass is 9.92. The molecule has 26 heavy (non-hydrogen) atoms. The molecule has 2 atom stereocenters. The summed E-state index contributed by atoms with van der Waals surface area (Å²) in [4.78, 5) is 17.8. The summed E-state index contributed by atoms with van der Waals surface area (Å²) in [5, 5.41) is 13.6. The first-order valence-corrected chi connectivity index (χ1v) is 9.43. The number of fused-ring (bicyclic) bond motifs is 1. The van der Waals surface area contributed by atoms with Gasteiger partial charge in [0.1, 0.15) is 5.75 Å². The van der Waals surface area contributed by atoms with Gasteiger partial charge in [0.2, 0.25) is 0 Å². The van der Waals surface area contributed by atoms with E-state index >= 15 is 0 Å². The number of ether oxygens (including phenoxy) is 1. The SMILES string of the molecule is COc1ccc2[nH]cc(CCNC(=O)N3CCCCC3C(C)CO)c2c1. The molecule has 1 fully saturated rings. The number of aliphatic hydroxyl groups excluding tert-OH is 1. The molecule has 6 nitrogen and oxygen atoms in total. The molecule has 142 valence electrons. The van der Waals surface area contributed by atoms with E-state index in [0.717, 1.165) is 54.4 Å². The Morgan fingerprint density at radius 1 is 1.46 bits per heavy atom. The average Bonchev–Trinajstić information content (AvgIpc) is 3.09. The molecule has 2 amide bonds. The second-order valence-corrected chi connectivity index (χ2v) is 7.12. The lowest BCUT2D eigenvalue weighted by Crippen LogP contribution is -2.51. The van der Waals surface area contributed by atoms with E-state index < -0.39 is 0 Å². The Hall–Kier alpha value is -2.21. The van der Waals surface area contributed by atoms with E-state index in [0.29, 0.717) is 6.54 Å². The van der Waals surface area contributed by atoms with Gasteiger partial charge in [-0.05, 0) is 55.4 Å². The Morgan fingerprint density at radius 3 is 3.08 bits per heavy atom. The van der Waals surface area contributed by atoms with Crippen LogP contribution in [0.3, 0.4) is 0 Å². The quantitative estimate of drug-likeness (QED) is 0.742. The van der Waals surface area contributed by atoms with Crippen LogP contribution < -0.4 is 10.1 Å². The average molecular weight is 359 g/mol. The second kappa shape index (κ2) is 8.45. The van der Waals surface area contributed by atoms with Crippen molar-refractivity contribution in [3.8, 4) is 5.75 Å². The number of methoxy groups -OCH3 is 1. The Morgan fingerprint density at radius 2 is 2.31 bits per heavy atom. The number of carbonyl (C=O) groups is 1. The first kappa shape index (κ1) is 18.6. The summed E-state index contributed by atoms with van der Waals surface area (Å²) in [5.74, 6) is 0.943. The molecule has 2 unspecified atom stereocenters. The van der Waals surface area contributed by atoms with Gasteiger partial charge in [-0.25, -0.2) is 4.79 Å². The Kier molecular flexibility index (Phi) is 6.04. The molecule has 2 heterocycles. The van der Waals surface area contributed by atoms with Gasteiger partial charge in [-0.3, -0.25) is 0 Å². The van der Waals surface area contributed by atoms with Crippen LogP contribution in [0.2, 0.25) is 0 Å². The molecule has 0 saturated carbocycles. The third-order valence-corrected chi connectivity index (χ3v) is 5.40. The van der Waals surface area contributed by atoms with Crippen molar-refractivity contribution in [3.63, 3.8) is 0 Å². The molecule has 3 N–H and O–H groups in total. The standard InChI is InChI=1S/C20H29N3O3/c1-14(13-24)19-5-3-4-10-23(19)20(25)21-9-8-15-12-22-18-7-6-16(26-2)11-17(15)18/h6-7,11-12,14,19,22,24H,3-5,8-10,13H2,1-2H3,(H,21,25). The van der Waals surface area contributed by atoms with Gasteiger partial charge >= 0.3 is 6.03 Å². The third kappa shape index (κ3) is 3.96. The number of piperidine rings is 1. The number of H-pyrrole nitrogens is 1. The molecule has 0 aliphatic carbocycles. The highest BCUT2D eigenvalue weighted by Crippen LogP contribution is 2.25. The number of urea groups is 1. The van der Waals surface area contributed by atoms with Gasteiger partial charge in [0.05, 0.1) is 7.11 Å². The van der Waals surface area contributed by atoms with Gasteiger partial charge in [0, 0.05) is 42.8 Å². The molecule has 0 bridgehead atoms. The highest BCUT2D eigenvalue weighted by molar-refractivity contribution is 5.84. The zero-order valence-corrected chi connectivity index (χ0v) is 15.6. The Balaban J connectivity index is 1.59. The zero-order valence-electron chi connectivity index (χ0n) is 15.6. The molecule has 1 aromatic carbocycles. The molecule has 1 aliphatic heterocycles. The summed E-state index contributed by atoms with van der Waals surface area (Å²) in [7, 11) is 1.66. The zero-order chi connectivity index (χ0) is 18.5. The summed E-state index contributed by atoms with van der Waals surface area (Å²) in [6, 6.07) is 6.07. The van der Waals surface area contributed by atoms with Crippen molar-refractivity contribution in [2.24, 2.45) is 5.92 Å². The van der Waals surface area contributed by atoms with Crippen LogP contribution in [0, 0.1) is 5.92 Å². The minimum Gasteiger partial charge on any atom is -0.497 e. The first-order chi connectivity index (χ1) is 12.6. The highest BCUT2D eigenvalue weighted by Gasteiger charge is 2.30. The van der Waals surface area contributed by atoms with E-state index in [4.69, 9.17) is 4.74 Å². The van der Waals surface area contributed by atoms with E-state index in [1.807, 2.05) is 36.2 Å². The van der Waals surface area contributed by atoms with E-state index in [9.17, 15) is 9.90 Å². The first-order valence-electron chi connectivity index (χ1n) is 9.43. The highest BCUT2D eigenvalue weighted by atomic mass is 16.5. The second-order valence-electron chi connectivity index (χ2n) is 7.12. The summed E-state index contributed by atoms with van der Waals surface area (Å²) in [6.07, 6.45) is 5.87. The number of nitrogens with zero attached hydrogens (tertiary/aromatic N) is 1. The van der Waals surface area contributed by atoms with Crippen LogP contribution in [0.1, 0.15) is 31.7 Å². The number of hydrogen-bond donors (Lipinski definition) is 3. The van der Waals surface area contributed by atoms with Crippen LogP contribution in [0.15, 0.2) is 24.4 Å². The van der Waals surface area contributed by atoms with Crippen LogP contribution in [-0.2, 0) is 6.42 Å². The Labute approximate surface area is 154 Å². The van der Waals surface area contributed by atoms with Crippen LogP contribution in [0.25, 0.3) is 10.9 Å². The van der Waals surface area contributed by atoms with Crippen LogP contribution in [0.5, 0.6) is 5.75 Å². The fraction of sp³-hybridized carbons (Fsp3) is 0.550. The lowest BCUT2D eigenvalue weighted by molar-refractivity contribution is 0.0950. The van der Waals surface area contributed by atoms with Crippen molar-refractivity contribution in [1.82, 2.24) is 15.2 Å². The lowest BCUT2D eigenvalue weighted by Gasteiger charge is -2.38. The normalized spacial score (nSPS) is 18.7. The fourth-order valence-electron chi connectivity index (χ4n) is 3.82. The number of rotatable bonds is 6. The number of hydrogen-bond acceptors (Lipinski definition) is 3. The van der Waals surface area contributed by atoms with E-state index in [2.05, 4.69) is 10.3 Å². The van der Waals surface area contributed by atoms with Crippen molar-refractivity contribution in [3.05, 3.63) is 30.0 Å². The van der Waals surface area contributed by atoms with Gasteiger partial charge < -0.3 is 25.0 Å². The summed E-state index contributed by atoms with van der Waals surface area (Å²) < 4.78 is 5.30. The number of aliphatic hydroxyl groups is 1. The van der Waals surface area contributed by atoms with Crippen molar-refractivity contribution in [1.29, 1.82) is 0 Å². The summed E-state index contributed by atoms with van der Waals surface area (Å²) in [6.45, 7) is 3.48. The van der Waals surface area contributed by atoms with E-state index in [1.165, 1.54) is 0 Å². The number of aromatic amines is 1. The Bertz CT molecular complexity index is 743. The fourth-order valence-corrected chi connectivity index (χ4v) is 3.82. The molecule has 1 aromatic heterocycles. The van der Waals surface area contributed by atoms with Gasteiger partial charge in [0.15, 0.2) is 0 Å². The number of benzene rings is 1. The van der Waals surface area contributed by atoms with Crippen LogP contribution in [0.4, 0.5) is 4.79 Å². The molecule has 1 aliphatic rings. The van der Waals surface area contributed by atoms with Crippen molar-refractivity contribution < 1.29 is 14.6 Å². The number of carbonyl (C=O) groups excluding carboxylic acids is 1. The number of likely N-dealkylation sites (tertiary alicyclic amines) is 1. The van der Waals surface area contributed by atoms with Gasteiger partial charge in [-0.2, -0.15) is 0 Å². The molecule has 1 saturated heterocycles. The monoisotopic (exact) mass is 359 g/mol. The third-order valence-electron chi connectivity index (χ3n) is 5.40. The minimum atomic E-state index is -0.0209. The van der Waals surface area contributed by atoms with Crippen LogP contribution >= 0.6 is 0 Å². The van der Waals surface area contributed by atoms with Crippen molar-refractivity contribution in [2.75, 3.05) is 26.8 Å². The van der Waals surface area contributed by atoms with E-state index in [-0.39, 0.29) is 24.6 Å².